The van der Waals surface area contributed by atoms with Crippen LogP contribution in [0, 0.1) is 18.8 Å². The number of nitrogens with one attached hydrogen (secondary N) is 2. The molecule has 32 heavy (non-hydrogen) atoms. The molecule has 0 aliphatic heterocycles. The zero-order valence-electron chi connectivity index (χ0n) is 18.5. The van der Waals surface area contributed by atoms with Gasteiger partial charge in [0.15, 0.2) is 5.75 Å². The van der Waals surface area contributed by atoms with Crippen LogP contribution in [0.5, 0.6) is 5.75 Å². The van der Waals surface area contributed by atoms with Crippen molar-refractivity contribution >= 4 is 29.2 Å². The fraction of sp³-hybridized carbons (Fsp3) is 0.478. The van der Waals surface area contributed by atoms with E-state index in [0.717, 1.165) is 18.5 Å². The first-order valence-corrected chi connectivity index (χ1v) is 11.1. The van der Waals surface area contributed by atoms with Crippen LogP contribution in [0.1, 0.15) is 60.5 Å². The van der Waals surface area contributed by atoms with Gasteiger partial charge in [-0.1, -0.05) is 11.6 Å². The molecular formula is C23H29ClN4O4. The van der Waals surface area contributed by atoms with E-state index in [4.69, 9.17) is 21.4 Å². The van der Waals surface area contributed by atoms with Crippen LogP contribution < -0.4 is 15.4 Å². The zero-order chi connectivity index (χ0) is 23.3. The molecule has 3 N–H and O–H groups in total. The normalized spacial score (nSPS) is 19.1. The van der Waals surface area contributed by atoms with Crippen molar-refractivity contribution in [2.45, 2.75) is 45.6 Å². The third-order valence-electron chi connectivity index (χ3n) is 5.88. The molecule has 0 unspecified atom stereocenters. The van der Waals surface area contributed by atoms with Gasteiger partial charge in [0.2, 0.25) is 0 Å². The average molecular weight is 461 g/mol. The number of carbonyl (C=O) groups excluding carboxylic acids is 1. The van der Waals surface area contributed by atoms with E-state index < -0.39 is 5.97 Å². The van der Waals surface area contributed by atoms with Crippen LogP contribution in [0.25, 0.3) is 0 Å². The summed E-state index contributed by atoms with van der Waals surface area (Å²) in [6.07, 6.45) is 4.59. The number of amides is 1. The van der Waals surface area contributed by atoms with Gasteiger partial charge in [-0.2, -0.15) is 0 Å². The Hall–Kier alpha value is -2.87. The molecule has 1 aliphatic carbocycles. The zero-order valence-corrected chi connectivity index (χ0v) is 19.3. The van der Waals surface area contributed by atoms with Crippen LogP contribution in [0.4, 0.5) is 5.69 Å². The monoisotopic (exact) mass is 460 g/mol. The maximum Gasteiger partial charge on any atom is 0.306 e. The van der Waals surface area contributed by atoms with E-state index in [1.54, 1.807) is 31.5 Å². The molecule has 172 valence electrons. The highest BCUT2D eigenvalue weighted by atomic mass is 35.5. The highest BCUT2D eigenvalue weighted by molar-refractivity contribution is 6.33. The third kappa shape index (κ3) is 5.88. The smallest absolute Gasteiger partial charge is 0.306 e. The molecule has 1 aliphatic rings. The molecular weight excluding hydrogens is 432 g/mol. The van der Waals surface area contributed by atoms with E-state index in [9.17, 15) is 9.59 Å². The second-order valence-corrected chi connectivity index (χ2v) is 8.60. The number of carboxylic acid groups (broad SMARTS) is 1. The molecule has 2 aromatic rings. The minimum atomic E-state index is -0.724. The summed E-state index contributed by atoms with van der Waals surface area (Å²) in [5.41, 5.74) is 1.87. The summed E-state index contributed by atoms with van der Waals surface area (Å²) in [6, 6.07) is 4.94. The van der Waals surface area contributed by atoms with Crippen LogP contribution in [0.15, 0.2) is 24.4 Å². The number of aliphatic carboxylic acids is 1. The van der Waals surface area contributed by atoms with Crippen molar-refractivity contribution in [3.05, 3.63) is 46.5 Å². The molecule has 1 heterocycles. The lowest BCUT2D eigenvalue weighted by Gasteiger charge is -2.26. The highest BCUT2D eigenvalue weighted by Gasteiger charge is 2.26. The van der Waals surface area contributed by atoms with Gasteiger partial charge in [-0.05, 0) is 63.6 Å². The number of carboxylic acids is 1. The molecule has 1 fully saturated rings. The van der Waals surface area contributed by atoms with Crippen molar-refractivity contribution in [3.8, 4) is 5.75 Å². The second-order valence-electron chi connectivity index (χ2n) is 8.20. The molecule has 0 saturated heterocycles. The molecule has 1 saturated carbocycles. The largest absolute Gasteiger partial charge is 0.493 e. The van der Waals surface area contributed by atoms with Gasteiger partial charge >= 0.3 is 5.97 Å². The number of halogens is 1. The van der Waals surface area contributed by atoms with E-state index in [1.807, 2.05) is 13.8 Å². The molecule has 0 radical (unpaired) electrons. The van der Waals surface area contributed by atoms with Crippen molar-refractivity contribution in [3.63, 3.8) is 0 Å². The summed E-state index contributed by atoms with van der Waals surface area (Å²) >= 11 is 6.44. The summed E-state index contributed by atoms with van der Waals surface area (Å²) in [5.74, 6) is 0.357. The predicted molar refractivity (Wildman–Crippen MR) is 122 cm³/mol. The second kappa shape index (κ2) is 10.6. The molecule has 0 spiro atoms. The molecule has 1 aromatic heterocycles. The van der Waals surface area contributed by atoms with Gasteiger partial charge in [-0.15, -0.1) is 0 Å². The molecule has 1 atom stereocenters. The van der Waals surface area contributed by atoms with E-state index >= 15 is 0 Å². The maximum absolute atomic E-state index is 12.6. The van der Waals surface area contributed by atoms with Gasteiger partial charge in [0.1, 0.15) is 11.5 Å². The first kappa shape index (κ1) is 23.8. The molecule has 8 nitrogen and oxygen atoms in total. The summed E-state index contributed by atoms with van der Waals surface area (Å²) in [6.45, 7) is 4.29. The summed E-state index contributed by atoms with van der Waals surface area (Å²) in [5, 5.41) is 15.8. The van der Waals surface area contributed by atoms with Gasteiger partial charge in [-0.3, -0.25) is 9.59 Å². The van der Waals surface area contributed by atoms with Crippen molar-refractivity contribution < 1.29 is 19.4 Å². The van der Waals surface area contributed by atoms with Crippen molar-refractivity contribution in [1.29, 1.82) is 0 Å². The molecule has 0 bridgehead atoms. The van der Waals surface area contributed by atoms with E-state index in [2.05, 4.69) is 20.6 Å². The van der Waals surface area contributed by atoms with Crippen LogP contribution in [0.3, 0.4) is 0 Å². The van der Waals surface area contributed by atoms with Gasteiger partial charge in [0.25, 0.3) is 5.91 Å². The maximum atomic E-state index is 12.6. The number of hydrogen-bond donors (Lipinski definition) is 3. The Labute approximate surface area is 192 Å². The predicted octanol–water partition coefficient (Wildman–Crippen LogP) is 4.24. The number of aryl methyl sites for hydroxylation is 1. The van der Waals surface area contributed by atoms with Gasteiger partial charge < -0.3 is 20.5 Å². The average Bonchev–Trinajstić information content (AvgIpc) is 2.78. The quantitative estimate of drug-likeness (QED) is 0.539. The van der Waals surface area contributed by atoms with Crippen molar-refractivity contribution in [2.75, 3.05) is 19.0 Å². The molecule has 3 rings (SSSR count). The summed E-state index contributed by atoms with van der Waals surface area (Å²) in [4.78, 5) is 32.2. The lowest BCUT2D eigenvalue weighted by molar-refractivity contribution is -0.143. The standard InChI is InChI=1S/C23H29ClN4O4/c1-13(21-20(32-3)12-25-14(2)28-21)27-19-9-8-17(10-18(19)24)22(29)26-11-15-4-6-16(7-5-15)23(30)31/h8-10,12-13,15-16,27H,4-7,11H2,1-3H3,(H,26,29)(H,30,31)/t13-,15?,16?/m0/s1. The lowest BCUT2D eigenvalue weighted by atomic mass is 9.82. The summed E-state index contributed by atoms with van der Waals surface area (Å²) in [7, 11) is 1.57. The van der Waals surface area contributed by atoms with Crippen molar-refractivity contribution in [1.82, 2.24) is 15.3 Å². The van der Waals surface area contributed by atoms with E-state index in [-0.39, 0.29) is 17.9 Å². The Morgan fingerprint density at radius 3 is 2.62 bits per heavy atom. The number of carbonyl (C=O) groups is 2. The Balaban J connectivity index is 1.58. The first-order chi connectivity index (χ1) is 15.3. The number of aromatic nitrogens is 2. The number of anilines is 1. The fourth-order valence-corrected chi connectivity index (χ4v) is 4.21. The third-order valence-corrected chi connectivity index (χ3v) is 6.20. The minimum Gasteiger partial charge on any atom is -0.493 e. The van der Waals surface area contributed by atoms with Gasteiger partial charge in [0.05, 0.1) is 36.0 Å². The van der Waals surface area contributed by atoms with E-state index in [1.165, 1.54) is 0 Å². The molecule has 9 heteroatoms. The number of ether oxygens (including phenoxy) is 1. The van der Waals surface area contributed by atoms with Crippen molar-refractivity contribution in [2.24, 2.45) is 11.8 Å². The minimum absolute atomic E-state index is 0.190. The Bertz CT molecular complexity index is 976. The number of nitrogens with zero attached hydrogens (tertiary/aromatic N) is 2. The number of methoxy groups -OCH3 is 1. The Kier molecular flexibility index (Phi) is 7.90. The topological polar surface area (TPSA) is 113 Å². The lowest BCUT2D eigenvalue weighted by Crippen LogP contribution is -2.32. The van der Waals surface area contributed by atoms with Crippen LogP contribution >= 0.6 is 11.6 Å². The van der Waals surface area contributed by atoms with E-state index in [0.29, 0.717) is 53.2 Å². The van der Waals surface area contributed by atoms with Crippen LogP contribution in [0.2, 0.25) is 5.02 Å². The van der Waals surface area contributed by atoms with Crippen LogP contribution in [-0.4, -0.2) is 40.6 Å². The first-order valence-electron chi connectivity index (χ1n) is 10.7. The summed E-state index contributed by atoms with van der Waals surface area (Å²) < 4.78 is 5.35. The number of hydrogen-bond acceptors (Lipinski definition) is 6. The van der Waals surface area contributed by atoms with Gasteiger partial charge in [-0.25, -0.2) is 9.97 Å². The molecule has 1 aromatic carbocycles. The number of benzene rings is 1. The highest BCUT2D eigenvalue weighted by Crippen LogP contribution is 2.31. The Morgan fingerprint density at radius 2 is 2.00 bits per heavy atom. The van der Waals surface area contributed by atoms with Crippen LogP contribution in [-0.2, 0) is 4.79 Å². The van der Waals surface area contributed by atoms with Gasteiger partial charge in [0, 0.05) is 12.1 Å². The number of rotatable bonds is 8. The molecule has 1 amide bonds. The SMILES string of the molecule is COc1cnc(C)nc1[C@H](C)Nc1ccc(C(=O)NCC2CCC(C(=O)O)CC2)cc1Cl. The Morgan fingerprint density at radius 1 is 1.28 bits per heavy atom. The fourth-order valence-electron chi connectivity index (χ4n) is 3.97.